The Morgan fingerprint density at radius 2 is 1.80 bits per heavy atom. The minimum Gasteiger partial charge on any atom is -0.508 e. The average molecular weight is 334 g/mol. The van der Waals surface area contributed by atoms with E-state index in [1.54, 1.807) is 42.7 Å². The Hall–Kier alpha value is -3.34. The van der Waals surface area contributed by atoms with E-state index in [0.717, 1.165) is 16.7 Å². The molecule has 3 aromatic rings. The first-order valence-electron chi connectivity index (χ1n) is 7.93. The fourth-order valence-electron chi connectivity index (χ4n) is 2.44. The molecule has 0 saturated heterocycles. The quantitative estimate of drug-likeness (QED) is 0.732. The number of rotatable bonds is 5. The number of hydrogen-bond donors (Lipinski definition) is 2. The standard InChI is InChI=1S/C20H18N2O3/c23-17-8-6-16(7-9-17)18-10-12-21-14-19(18)22-20(24)25-13-11-15-4-2-1-3-5-15/h1-10,12,14,23H,11,13H2,(H,22,24). The molecule has 0 radical (unpaired) electrons. The van der Waals surface area contributed by atoms with Gasteiger partial charge in [-0.25, -0.2) is 4.79 Å². The summed E-state index contributed by atoms with van der Waals surface area (Å²) in [5.74, 6) is 0.188. The van der Waals surface area contributed by atoms with Crippen LogP contribution in [0.25, 0.3) is 11.1 Å². The van der Waals surface area contributed by atoms with Crippen LogP contribution in [0.3, 0.4) is 0 Å². The maximum absolute atomic E-state index is 12.0. The molecule has 25 heavy (non-hydrogen) atoms. The van der Waals surface area contributed by atoms with Crippen molar-refractivity contribution in [3.8, 4) is 16.9 Å². The van der Waals surface area contributed by atoms with E-state index in [-0.39, 0.29) is 5.75 Å². The Labute approximate surface area is 145 Å². The molecule has 0 aliphatic carbocycles. The Bertz CT molecular complexity index is 833. The summed E-state index contributed by atoms with van der Waals surface area (Å²) in [4.78, 5) is 16.1. The lowest BCUT2D eigenvalue weighted by atomic mass is 10.1. The highest BCUT2D eigenvalue weighted by atomic mass is 16.5. The molecule has 0 aliphatic rings. The van der Waals surface area contributed by atoms with Crippen molar-refractivity contribution in [3.63, 3.8) is 0 Å². The summed E-state index contributed by atoms with van der Waals surface area (Å²) in [7, 11) is 0. The summed E-state index contributed by atoms with van der Waals surface area (Å²) in [6.45, 7) is 0.296. The Morgan fingerprint density at radius 3 is 2.56 bits per heavy atom. The van der Waals surface area contributed by atoms with E-state index in [0.29, 0.717) is 18.7 Å². The van der Waals surface area contributed by atoms with Gasteiger partial charge in [-0.2, -0.15) is 0 Å². The lowest BCUT2D eigenvalue weighted by molar-refractivity contribution is 0.163. The maximum atomic E-state index is 12.0. The Morgan fingerprint density at radius 1 is 1.04 bits per heavy atom. The van der Waals surface area contributed by atoms with Crippen LogP contribution in [0.2, 0.25) is 0 Å². The number of aromatic hydroxyl groups is 1. The van der Waals surface area contributed by atoms with Crippen LogP contribution >= 0.6 is 0 Å². The van der Waals surface area contributed by atoms with E-state index >= 15 is 0 Å². The fraction of sp³-hybridized carbons (Fsp3) is 0.100. The predicted molar refractivity (Wildman–Crippen MR) is 96.5 cm³/mol. The Balaban J connectivity index is 1.62. The zero-order chi connectivity index (χ0) is 17.5. The molecule has 0 atom stereocenters. The van der Waals surface area contributed by atoms with Gasteiger partial charge in [0, 0.05) is 18.2 Å². The van der Waals surface area contributed by atoms with Crippen molar-refractivity contribution in [2.75, 3.05) is 11.9 Å². The van der Waals surface area contributed by atoms with Crippen LogP contribution in [0, 0.1) is 0 Å². The molecule has 2 N–H and O–H groups in total. The maximum Gasteiger partial charge on any atom is 0.411 e. The van der Waals surface area contributed by atoms with Crippen LogP contribution in [0.1, 0.15) is 5.56 Å². The van der Waals surface area contributed by atoms with Gasteiger partial charge >= 0.3 is 6.09 Å². The normalized spacial score (nSPS) is 10.2. The molecule has 3 rings (SSSR count). The molecule has 1 heterocycles. The second-order valence-electron chi connectivity index (χ2n) is 5.46. The zero-order valence-corrected chi connectivity index (χ0v) is 13.6. The van der Waals surface area contributed by atoms with E-state index in [4.69, 9.17) is 4.74 Å². The molecule has 5 heteroatoms. The van der Waals surface area contributed by atoms with Gasteiger partial charge in [-0.1, -0.05) is 42.5 Å². The highest BCUT2D eigenvalue weighted by molar-refractivity contribution is 5.91. The predicted octanol–water partition coefficient (Wildman–Crippen LogP) is 4.25. The molecule has 1 amide bonds. The number of ether oxygens (including phenoxy) is 1. The van der Waals surface area contributed by atoms with Gasteiger partial charge in [0.05, 0.1) is 18.5 Å². The van der Waals surface area contributed by atoms with Crippen LogP contribution in [0.15, 0.2) is 73.1 Å². The number of hydrogen-bond acceptors (Lipinski definition) is 4. The monoisotopic (exact) mass is 334 g/mol. The highest BCUT2D eigenvalue weighted by Gasteiger charge is 2.09. The SMILES string of the molecule is O=C(Nc1cnccc1-c1ccc(O)cc1)OCCc1ccccc1. The van der Waals surface area contributed by atoms with Crippen molar-refractivity contribution >= 4 is 11.8 Å². The lowest BCUT2D eigenvalue weighted by Crippen LogP contribution is -2.16. The van der Waals surface area contributed by atoms with Gasteiger partial charge < -0.3 is 9.84 Å². The largest absolute Gasteiger partial charge is 0.508 e. The molecule has 0 bridgehead atoms. The second kappa shape index (κ2) is 7.97. The molecular weight excluding hydrogens is 316 g/mol. The summed E-state index contributed by atoms with van der Waals surface area (Å²) in [5.41, 5.74) is 3.33. The van der Waals surface area contributed by atoms with Crippen LogP contribution in [0.5, 0.6) is 5.75 Å². The van der Waals surface area contributed by atoms with Crippen LogP contribution < -0.4 is 5.32 Å². The minimum absolute atomic E-state index is 0.188. The van der Waals surface area contributed by atoms with E-state index < -0.39 is 6.09 Å². The summed E-state index contributed by atoms with van der Waals surface area (Å²) in [6.07, 6.45) is 3.35. The van der Waals surface area contributed by atoms with Crippen LogP contribution in [0.4, 0.5) is 10.5 Å². The van der Waals surface area contributed by atoms with Gasteiger partial charge in [-0.15, -0.1) is 0 Å². The number of carbonyl (C=O) groups is 1. The molecule has 5 nitrogen and oxygen atoms in total. The lowest BCUT2D eigenvalue weighted by Gasteiger charge is -2.11. The van der Waals surface area contributed by atoms with E-state index in [1.807, 2.05) is 30.3 Å². The first kappa shape index (κ1) is 16.5. The van der Waals surface area contributed by atoms with Gasteiger partial charge in [-0.3, -0.25) is 10.3 Å². The first-order chi connectivity index (χ1) is 12.2. The van der Waals surface area contributed by atoms with Crippen molar-refractivity contribution in [1.82, 2.24) is 4.98 Å². The van der Waals surface area contributed by atoms with Crippen molar-refractivity contribution < 1.29 is 14.6 Å². The summed E-state index contributed by atoms with van der Waals surface area (Å²) in [5, 5.41) is 12.1. The summed E-state index contributed by atoms with van der Waals surface area (Å²) >= 11 is 0. The van der Waals surface area contributed by atoms with E-state index in [1.165, 1.54) is 0 Å². The Kier molecular flexibility index (Phi) is 5.26. The molecule has 0 fully saturated rings. The molecule has 126 valence electrons. The van der Waals surface area contributed by atoms with Gasteiger partial charge in [0.1, 0.15) is 5.75 Å². The number of amides is 1. The molecule has 0 saturated carbocycles. The van der Waals surface area contributed by atoms with Gasteiger partial charge in [0.25, 0.3) is 0 Å². The molecule has 0 spiro atoms. The van der Waals surface area contributed by atoms with Crippen molar-refractivity contribution in [2.24, 2.45) is 0 Å². The second-order valence-corrected chi connectivity index (χ2v) is 5.46. The van der Waals surface area contributed by atoms with Gasteiger partial charge in [0.2, 0.25) is 0 Å². The number of benzene rings is 2. The third-order valence-corrected chi connectivity index (χ3v) is 3.70. The molecule has 2 aromatic carbocycles. The molecule has 0 aliphatic heterocycles. The smallest absolute Gasteiger partial charge is 0.411 e. The van der Waals surface area contributed by atoms with E-state index in [9.17, 15) is 9.90 Å². The summed E-state index contributed by atoms with van der Waals surface area (Å²) < 4.78 is 5.24. The minimum atomic E-state index is -0.524. The van der Waals surface area contributed by atoms with Crippen LogP contribution in [-0.4, -0.2) is 22.8 Å². The molecular formula is C20H18N2O3. The molecule has 0 unspecified atom stereocenters. The van der Waals surface area contributed by atoms with E-state index in [2.05, 4.69) is 10.3 Å². The number of nitrogens with one attached hydrogen (secondary N) is 1. The third kappa shape index (κ3) is 4.57. The number of nitrogens with zero attached hydrogens (tertiary/aromatic N) is 1. The fourth-order valence-corrected chi connectivity index (χ4v) is 2.44. The zero-order valence-electron chi connectivity index (χ0n) is 13.6. The number of anilines is 1. The topological polar surface area (TPSA) is 71.5 Å². The van der Waals surface area contributed by atoms with Crippen molar-refractivity contribution in [2.45, 2.75) is 6.42 Å². The highest BCUT2D eigenvalue weighted by Crippen LogP contribution is 2.28. The number of aromatic nitrogens is 1. The number of pyridine rings is 1. The average Bonchev–Trinajstić information content (AvgIpc) is 2.64. The van der Waals surface area contributed by atoms with Crippen LogP contribution in [-0.2, 0) is 11.2 Å². The number of carbonyl (C=O) groups excluding carboxylic acids is 1. The summed E-state index contributed by atoms with van der Waals surface area (Å²) in [6, 6.07) is 18.4. The van der Waals surface area contributed by atoms with Gasteiger partial charge in [0.15, 0.2) is 0 Å². The van der Waals surface area contributed by atoms with Gasteiger partial charge in [-0.05, 0) is 29.3 Å². The number of phenolic OH excluding ortho intramolecular Hbond substituents is 1. The molecule has 1 aromatic heterocycles. The third-order valence-electron chi connectivity index (χ3n) is 3.70. The van der Waals surface area contributed by atoms with Crippen molar-refractivity contribution in [3.05, 3.63) is 78.6 Å². The number of phenols is 1. The first-order valence-corrected chi connectivity index (χ1v) is 7.93. The van der Waals surface area contributed by atoms with Crippen molar-refractivity contribution in [1.29, 1.82) is 0 Å².